The van der Waals surface area contributed by atoms with Gasteiger partial charge in [-0.25, -0.2) is 0 Å². The summed E-state index contributed by atoms with van der Waals surface area (Å²) >= 11 is 0. The number of fused-ring (bicyclic) bond motifs is 2. The Morgan fingerprint density at radius 1 is 0.411 bits per heavy atom. The Labute approximate surface area is 356 Å². The van der Waals surface area contributed by atoms with Crippen LogP contribution in [0.3, 0.4) is 0 Å². The van der Waals surface area contributed by atoms with Crippen LogP contribution in [-0.4, -0.2) is 0 Å². The molecule has 8 aromatic carbocycles. The monoisotopic (exact) mass is 896 g/mol. The van der Waals surface area contributed by atoms with E-state index < -0.39 is 0 Å². The Morgan fingerprint density at radius 3 is 1.16 bits per heavy atom. The van der Waals surface area contributed by atoms with Gasteiger partial charge in [-0.15, -0.1) is 69.1 Å². The quantitative estimate of drug-likeness (QED) is 0.105. The molecule has 280 valence electrons. The van der Waals surface area contributed by atoms with E-state index in [2.05, 4.69) is 211 Å². The van der Waals surface area contributed by atoms with E-state index in [4.69, 9.17) is 0 Å². The van der Waals surface area contributed by atoms with E-state index in [-0.39, 0.29) is 56.9 Å². The van der Waals surface area contributed by atoms with Crippen LogP contribution in [0.25, 0.3) is 43.8 Å². The smallest absolute Gasteiger partial charge is 0.358 e. The molecule has 0 aliphatic heterocycles. The van der Waals surface area contributed by atoms with E-state index in [1.165, 1.54) is 77.2 Å². The van der Waals surface area contributed by atoms with E-state index >= 15 is 0 Å². The minimum atomic E-state index is -0.324. The van der Waals surface area contributed by atoms with Crippen molar-refractivity contribution in [2.45, 2.75) is 70.6 Å². The van der Waals surface area contributed by atoms with Crippen molar-refractivity contribution in [3.63, 3.8) is 0 Å². The van der Waals surface area contributed by atoms with Crippen molar-refractivity contribution < 1.29 is 25.8 Å². The van der Waals surface area contributed by atoms with Crippen LogP contribution < -0.4 is 0 Å². The van der Waals surface area contributed by atoms with Crippen LogP contribution in [-0.2, 0) is 54.9 Å². The maximum atomic E-state index is 2.52. The maximum Gasteiger partial charge on any atom is 4.00 e. The zero-order chi connectivity index (χ0) is 36.8. The van der Waals surface area contributed by atoms with Crippen molar-refractivity contribution >= 4 is 21.5 Å². The van der Waals surface area contributed by atoms with E-state index in [0.717, 1.165) is 12.8 Å². The SMILES string of the molecule is CC(C)(C)c1cccc(-c2cccc3[cH-]c(C(Cc4ccccc4)(Cc4ccccc4)c4cc5c(-c6cccc(C(C)(C)C)c6)cccc5[cH-]4)cc23)c1.[CH3-].[CH3-].[Hf+4]. The standard InChI is InChI=1S/C53H50.2CH3.Hf/c1-51(2,3)43-25-13-21-39(29-43)47-27-15-23-41-31-45(33-49(41)47)53(35-37-17-9-7-10-18-37,36-38-19-11-8-12-20-38)46-32-42-24-16-28-48(50(42)34-46)40-22-14-26-44(30-40)52(4,5)6;;;/h7-34H,35-36H2,1-6H3;2*1H3;/q-2;2*-1;+4. The van der Waals surface area contributed by atoms with Crippen molar-refractivity contribution in [2.24, 2.45) is 0 Å². The topological polar surface area (TPSA) is 0 Å². The molecule has 8 rings (SSSR count). The summed E-state index contributed by atoms with van der Waals surface area (Å²) in [5, 5.41) is 5.21. The minimum Gasteiger partial charge on any atom is -0.358 e. The molecule has 0 aromatic heterocycles. The summed E-state index contributed by atoms with van der Waals surface area (Å²) in [6.07, 6.45) is 1.78. The molecule has 0 fully saturated rings. The Hall–Kier alpha value is -4.59. The molecule has 0 aliphatic rings. The van der Waals surface area contributed by atoms with Crippen LogP contribution >= 0.6 is 0 Å². The molecule has 8 aromatic rings. The fraction of sp³-hybridized carbons (Fsp3) is 0.200. The first-order chi connectivity index (χ1) is 25.5. The predicted molar refractivity (Wildman–Crippen MR) is 241 cm³/mol. The van der Waals surface area contributed by atoms with Crippen molar-refractivity contribution in [3.8, 4) is 22.3 Å². The van der Waals surface area contributed by atoms with E-state index in [1.54, 1.807) is 0 Å². The molecule has 0 aliphatic carbocycles. The Bertz CT molecular complexity index is 2330. The van der Waals surface area contributed by atoms with Gasteiger partial charge in [0.15, 0.2) is 0 Å². The van der Waals surface area contributed by atoms with Crippen LogP contribution in [0.4, 0.5) is 0 Å². The van der Waals surface area contributed by atoms with Gasteiger partial charge >= 0.3 is 25.8 Å². The summed E-state index contributed by atoms with van der Waals surface area (Å²) in [5.74, 6) is 0. The third-order valence-electron chi connectivity index (χ3n) is 11.4. The summed E-state index contributed by atoms with van der Waals surface area (Å²) in [5.41, 5.74) is 13.1. The molecular weight excluding hydrogens is 839 g/mol. The van der Waals surface area contributed by atoms with Crippen LogP contribution in [0, 0.1) is 14.9 Å². The zero-order valence-corrected chi connectivity index (χ0v) is 38.2. The molecule has 1 heteroatoms. The average Bonchev–Trinajstić information content (AvgIpc) is 3.81. The first-order valence-corrected chi connectivity index (χ1v) is 19.2. The molecule has 0 bridgehead atoms. The normalized spacial score (nSPS) is 11.8. The second-order valence-electron chi connectivity index (χ2n) is 17.2. The van der Waals surface area contributed by atoms with Crippen LogP contribution in [0.15, 0.2) is 170 Å². The maximum absolute atomic E-state index is 2.52. The molecule has 0 nitrogen and oxygen atoms in total. The molecule has 0 atom stereocenters. The summed E-state index contributed by atoms with van der Waals surface area (Å²) in [7, 11) is 0. The van der Waals surface area contributed by atoms with Crippen molar-refractivity contribution in [1.82, 2.24) is 0 Å². The van der Waals surface area contributed by atoms with Crippen LogP contribution in [0.1, 0.15) is 74.9 Å². The molecule has 0 N–H and O–H groups in total. The van der Waals surface area contributed by atoms with Crippen LogP contribution in [0.2, 0.25) is 0 Å². The van der Waals surface area contributed by atoms with Gasteiger partial charge in [0, 0.05) is 0 Å². The molecule has 0 heterocycles. The summed E-state index contributed by atoms with van der Waals surface area (Å²) in [6.45, 7) is 13.8. The second-order valence-corrected chi connectivity index (χ2v) is 17.2. The van der Waals surface area contributed by atoms with Gasteiger partial charge in [-0.1, -0.05) is 174 Å². The largest absolute Gasteiger partial charge is 4.00 e. The number of benzene rings is 6. The third-order valence-corrected chi connectivity index (χ3v) is 11.4. The first-order valence-electron chi connectivity index (χ1n) is 19.2. The van der Waals surface area contributed by atoms with Crippen molar-refractivity contribution in [2.75, 3.05) is 0 Å². The fourth-order valence-corrected chi connectivity index (χ4v) is 8.36. The number of hydrogen-bond acceptors (Lipinski definition) is 0. The molecule has 0 saturated carbocycles. The van der Waals surface area contributed by atoms with Crippen molar-refractivity contribution in [3.05, 3.63) is 218 Å². The molecule has 56 heavy (non-hydrogen) atoms. The summed E-state index contributed by atoms with van der Waals surface area (Å²) < 4.78 is 0. The molecular formula is C55H56Hf. The van der Waals surface area contributed by atoms with Gasteiger partial charge in [0.25, 0.3) is 0 Å². The van der Waals surface area contributed by atoms with Gasteiger partial charge in [0.1, 0.15) is 0 Å². The Morgan fingerprint density at radius 2 is 0.786 bits per heavy atom. The number of rotatable bonds is 8. The van der Waals surface area contributed by atoms with Crippen molar-refractivity contribution in [1.29, 1.82) is 0 Å². The Balaban J connectivity index is 0.00000200. The molecule has 0 amide bonds. The van der Waals surface area contributed by atoms with Gasteiger partial charge in [0.05, 0.1) is 0 Å². The molecule has 0 spiro atoms. The minimum absolute atomic E-state index is 0. The van der Waals surface area contributed by atoms with E-state index in [9.17, 15) is 0 Å². The average molecular weight is 896 g/mol. The second kappa shape index (κ2) is 16.9. The molecule has 0 radical (unpaired) electrons. The van der Waals surface area contributed by atoms with E-state index in [1.807, 2.05) is 0 Å². The van der Waals surface area contributed by atoms with Crippen LogP contribution in [0.5, 0.6) is 0 Å². The predicted octanol–water partition coefficient (Wildman–Crippen LogP) is 15.0. The first kappa shape index (κ1) is 42.6. The molecule has 0 saturated heterocycles. The van der Waals surface area contributed by atoms with E-state index in [0.29, 0.717) is 0 Å². The van der Waals surface area contributed by atoms with Gasteiger partial charge in [-0.05, 0) is 62.5 Å². The third kappa shape index (κ3) is 8.40. The number of hydrogen-bond donors (Lipinski definition) is 0. The van der Waals surface area contributed by atoms with Gasteiger partial charge in [0.2, 0.25) is 0 Å². The van der Waals surface area contributed by atoms with Gasteiger partial charge < -0.3 is 14.9 Å². The zero-order valence-electron chi connectivity index (χ0n) is 34.6. The van der Waals surface area contributed by atoms with Gasteiger partial charge in [-0.3, -0.25) is 0 Å². The Kier molecular flexibility index (Phi) is 12.8. The fourth-order valence-electron chi connectivity index (χ4n) is 8.36. The summed E-state index contributed by atoms with van der Waals surface area (Å²) in [4.78, 5) is 0. The van der Waals surface area contributed by atoms with Gasteiger partial charge in [-0.2, -0.15) is 12.1 Å². The summed E-state index contributed by atoms with van der Waals surface area (Å²) in [6, 6.07) is 64.2. The molecule has 0 unspecified atom stereocenters.